The molecule has 1 unspecified atom stereocenters. The summed E-state index contributed by atoms with van der Waals surface area (Å²) in [5.74, 6) is 0.451. The third-order valence-corrected chi connectivity index (χ3v) is 3.10. The van der Waals surface area contributed by atoms with Crippen LogP contribution in [0.4, 0.5) is 5.69 Å². The van der Waals surface area contributed by atoms with E-state index in [9.17, 15) is 4.79 Å². The van der Waals surface area contributed by atoms with Crippen LogP contribution < -0.4 is 10.1 Å². The van der Waals surface area contributed by atoms with Crippen molar-refractivity contribution in [2.24, 2.45) is 0 Å². The SMILES string of the molecule is CCOC(C)C(=O)Nc1ccccc1OCCn1ccnc1. The van der Waals surface area contributed by atoms with Gasteiger partial charge in [0.25, 0.3) is 5.91 Å². The first-order chi connectivity index (χ1) is 10.7. The molecule has 0 radical (unpaired) electrons. The van der Waals surface area contributed by atoms with Crippen LogP contribution in [0.3, 0.4) is 0 Å². The lowest BCUT2D eigenvalue weighted by Gasteiger charge is -2.15. The average Bonchev–Trinajstić information content (AvgIpc) is 3.02. The fourth-order valence-corrected chi connectivity index (χ4v) is 1.94. The summed E-state index contributed by atoms with van der Waals surface area (Å²) in [4.78, 5) is 16.0. The van der Waals surface area contributed by atoms with Gasteiger partial charge in [0.2, 0.25) is 0 Å². The van der Waals surface area contributed by atoms with Gasteiger partial charge in [-0.2, -0.15) is 0 Å². The van der Waals surface area contributed by atoms with Gasteiger partial charge in [0.15, 0.2) is 0 Å². The van der Waals surface area contributed by atoms with Gasteiger partial charge >= 0.3 is 0 Å². The van der Waals surface area contributed by atoms with Gasteiger partial charge in [-0.1, -0.05) is 12.1 Å². The Morgan fingerprint density at radius 2 is 2.23 bits per heavy atom. The number of hydrogen-bond acceptors (Lipinski definition) is 4. The maximum atomic E-state index is 12.0. The third kappa shape index (κ3) is 4.60. The molecule has 1 aromatic carbocycles. The third-order valence-electron chi connectivity index (χ3n) is 3.10. The van der Waals surface area contributed by atoms with E-state index in [0.29, 0.717) is 31.2 Å². The second kappa shape index (κ2) is 8.19. The molecular weight excluding hydrogens is 282 g/mol. The molecule has 2 rings (SSSR count). The predicted octanol–water partition coefficient (Wildman–Crippen LogP) is 2.33. The van der Waals surface area contributed by atoms with Crippen molar-refractivity contribution < 1.29 is 14.3 Å². The van der Waals surface area contributed by atoms with Crippen molar-refractivity contribution in [2.45, 2.75) is 26.5 Å². The standard InChI is InChI=1S/C16H21N3O3/c1-3-21-13(2)16(20)18-14-6-4-5-7-15(14)22-11-10-19-9-8-17-12-19/h4-9,12-13H,3,10-11H2,1-2H3,(H,18,20). The molecule has 0 spiro atoms. The molecular formula is C16H21N3O3. The normalized spacial score (nSPS) is 11.9. The molecule has 1 aromatic heterocycles. The Labute approximate surface area is 130 Å². The first-order valence-corrected chi connectivity index (χ1v) is 7.30. The Bertz CT molecular complexity index is 584. The molecule has 0 aliphatic rings. The van der Waals surface area contributed by atoms with Crippen molar-refractivity contribution in [3.63, 3.8) is 0 Å². The lowest BCUT2D eigenvalue weighted by molar-refractivity contribution is -0.126. The van der Waals surface area contributed by atoms with Gasteiger partial charge in [0.1, 0.15) is 18.5 Å². The summed E-state index contributed by atoms with van der Waals surface area (Å²) in [5, 5.41) is 2.83. The monoisotopic (exact) mass is 303 g/mol. The number of nitrogens with one attached hydrogen (secondary N) is 1. The van der Waals surface area contributed by atoms with Gasteiger partial charge < -0.3 is 19.4 Å². The minimum Gasteiger partial charge on any atom is -0.490 e. The summed E-state index contributed by atoms with van der Waals surface area (Å²) in [6, 6.07) is 7.36. The molecule has 0 saturated carbocycles. The summed E-state index contributed by atoms with van der Waals surface area (Å²) >= 11 is 0. The number of carbonyl (C=O) groups excluding carboxylic acids is 1. The number of imidazole rings is 1. The zero-order valence-electron chi connectivity index (χ0n) is 12.9. The fourth-order valence-electron chi connectivity index (χ4n) is 1.94. The van der Waals surface area contributed by atoms with Crippen molar-refractivity contribution in [3.8, 4) is 5.75 Å². The van der Waals surface area contributed by atoms with E-state index >= 15 is 0 Å². The zero-order valence-corrected chi connectivity index (χ0v) is 12.9. The van der Waals surface area contributed by atoms with Crippen LogP contribution in [-0.4, -0.2) is 34.8 Å². The highest BCUT2D eigenvalue weighted by Gasteiger charge is 2.14. The molecule has 1 atom stereocenters. The highest BCUT2D eigenvalue weighted by molar-refractivity contribution is 5.95. The number of aromatic nitrogens is 2. The van der Waals surface area contributed by atoms with E-state index in [0.717, 1.165) is 0 Å². The molecule has 0 aliphatic heterocycles. The van der Waals surface area contributed by atoms with Crippen LogP contribution in [0.25, 0.3) is 0 Å². The average molecular weight is 303 g/mol. The first-order valence-electron chi connectivity index (χ1n) is 7.30. The number of rotatable bonds is 8. The molecule has 2 aromatic rings. The molecule has 1 heterocycles. The van der Waals surface area contributed by atoms with Crippen molar-refractivity contribution in [1.29, 1.82) is 0 Å². The van der Waals surface area contributed by atoms with Crippen molar-refractivity contribution in [2.75, 3.05) is 18.5 Å². The van der Waals surface area contributed by atoms with E-state index in [1.54, 1.807) is 19.4 Å². The molecule has 6 nitrogen and oxygen atoms in total. The predicted molar refractivity (Wildman–Crippen MR) is 83.9 cm³/mol. The number of benzene rings is 1. The fraction of sp³-hybridized carbons (Fsp3) is 0.375. The second-order valence-electron chi connectivity index (χ2n) is 4.73. The summed E-state index contributed by atoms with van der Waals surface area (Å²) in [5.41, 5.74) is 0.643. The largest absolute Gasteiger partial charge is 0.490 e. The van der Waals surface area contributed by atoms with E-state index in [-0.39, 0.29) is 5.91 Å². The molecule has 1 amide bonds. The number of ether oxygens (including phenoxy) is 2. The van der Waals surface area contributed by atoms with Crippen molar-refractivity contribution in [1.82, 2.24) is 9.55 Å². The Hall–Kier alpha value is -2.34. The van der Waals surface area contributed by atoms with Crippen molar-refractivity contribution in [3.05, 3.63) is 43.0 Å². The Balaban J connectivity index is 1.93. The summed E-state index contributed by atoms with van der Waals surface area (Å²) < 4.78 is 13.0. The van der Waals surface area contributed by atoms with Crippen LogP contribution in [0, 0.1) is 0 Å². The Kier molecular flexibility index (Phi) is 5.97. The van der Waals surface area contributed by atoms with Crippen LogP contribution >= 0.6 is 0 Å². The molecule has 0 aliphatic carbocycles. The summed E-state index contributed by atoms with van der Waals surface area (Å²) in [6.07, 6.45) is 4.84. The van der Waals surface area contributed by atoms with Gasteiger partial charge in [-0.15, -0.1) is 0 Å². The molecule has 6 heteroatoms. The van der Waals surface area contributed by atoms with Gasteiger partial charge in [-0.05, 0) is 26.0 Å². The number of carbonyl (C=O) groups is 1. The quantitative estimate of drug-likeness (QED) is 0.813. The molecule has 22 heavy (non-hydrogen) atoms. The lowest BCUT2D eigenvalue weighted by atomic mass is 10.2. The van der Waals surface area contributed by atoms with Crippen LogP contribution in [-0.2, 0) is 16.1 Å². The van der Waals surface area contributed by atoms with E-state index in [2.05, 4.69) is 10.3 Å². The smallest absolute Gasteiger partial charge is 0.253 e. The van der Waals surface area contributed by atoms with Gasteiger partial charge in [-0.25, -0.2) is 4.98 Å². The number of para-hydroxylation sites is 2. The van der Waals surface area contributed by atoms with Gasteiger partial charge in [0.05, 0.1) is 18.6 Å². The van der Waals surface area contributed by atoms with Crippen LogP contribution in [0.1, 0.15) is 13.8 Å². The Morgan fingerprint density at radius 1 is 1.41 bits per heavy atom. The van der Waals surface area contributed by atoms with E-state index in [1.807, 2.05) is 42.0 Å². The molecule has 0 fully saturated rings. The van der Waals surface area contributed by atoms with Crippen LogP contribution in [0.5, 0.6) is 5.75 Å². The summed E-state index contributed by atoms with van der Waals surface area (Å²) in [6.45, 7) is 5.26. The number of nitrogens with zero attached hydrogens (tertiary/aromatic N) is 2. The molecule has 0 bridgehead atoms. The second-order valence-corrected chi connectivity index (χ2v) is 4.73. The van der Waals surface area contributed by atoms with Crippen molar-refractivity contribution >= 4 is 11.6 Å². The zero-order chi connectivity index (χ0) is 15.8. The lowest BCUT2D eigenvalue weighted by Crippen LogP contribution is -2.27. The van der Waals surface area contributed by atoms with Crippen LogP contribution in [0.15, 0.2) is 43.0 Å². The van der Waals surface area contributed by atoms with Gasteiger partial charge in [0, 0.05) is 19.0 Å². The van der Waals surface area contributed by atoms with E-state index in [4.69, 9.17) is 9.47 Å². The summed E-state index contributed by atoms with van der Waals surface area (Å²) in [7, 11) is 0. The minimum atomic E-state index is -0.496. The number of hydrogen-bond donors (Lipinski definition) is 1. The maximum Gasteiger partial charge on any atom is 0.253 e. The van der Waals surface area contributed by atoms with E-state index < -0.39 is 6.10 Å². The molecule has 0 saturated heterocycles. The molecule has 1 N–H and O–H groups in total. The number of anilines is 1. The van der Waals surface area contributed by atoms with E-state index in [1.165, 1.54) is 0 Å². The minimum absolute atomic E-state index is 0.187. The highest BCUT2D eigenvalue weighted by Crippen LogP contribution is 2.24. The van der Waals surface area contributed by atoms with Crippen LogP contribution in [0.2, 0.25) is 0 Å². The topological polar surface area (TPSA) is 65.4 Å². The maximum absolute atomic E-state index is 12.0. The molecule has 118 valence electrons. The first kappa shape index (κ1) is 16.0. The Morgan fingerprint density at radius 3 is 2.95 bits per heavy atom. The number of amides is 1. The van der Waals surface area contributed by atoms with Gasteiger partial charge in [-0.3, -0.25) is 4.79 Å². The highest BCUT2D eigenvalue weighted by atomic mass is 16.5.